The predicted octanol–water partition coefficient (Wildman–Crippen LogP) is 2.73. The van der Waals surface area contributed by atoms with E-state index in [1.165, 1.54) is 0 Å². The van der Waals surface area contributed by atoms with Gasteiger partial charge in [-0.05, 0) is 32.1 Å². The van der Waals surface area contributed by atoms with E-state index in [1.54, 1.807) is 0 Å². The zero-order valence-corrected chi connectivity index (χ0v) is 11.7. The number of aliphatic carboxylic acids is 1. The van der Waals surface area contributed by atoms with Crippen molar-refractivity contribution in [1.29, 1.82) is 0 Å². The van der Waals surface area contributed by atoms with Crippen molar-refractivity contribution in [3.63, 3.8) is 0 Å². The molecule has 0 aromatic rings. The second-order valence-corrected chi connectivity index (χ2v) is 6.26. The average molecular weight is 307 g/mol. The number of halogens is 3. The van der Waals surface area contributed by atoms with E-state index in [1.807, 2.05) is 0 Å². The third-order valence-electron chi connectivity index (χ3n) is 4.87. The second kappa shape index (κ2) is 5.85. The fourth-order valence-corrected chi connectivity index (χ4v) is 3.20. The van der Waals surface area contributed by atoms with Crippen molar-refractivity contribution in [2.24, 2.45) is 17.3 Å². The van der Waals surface area contributed by atoms with Gasteiger partial charge in [-0.15, -0.1) is 0 Å². The van der Waals surface area contributed by atoms with Crippen LogP contribution < -0.4 is 5.32 Å². The van der Waals surface area contributed by atoms with E-state index < -0.39 is 35.3 Å². The van der Waals surface area contributed by atoms with Gasteiger partial charge < -0.3 is 10.4 Å². The summed E-state index contributed by atoms with van der Waals surface area (Å²) in [5, 5.41) is 11.7. The summed E-state index contributed by atoms with van der Waals surface area (Å²) in [6.45, 7) is 0.0222. The molecule has 0 bridgehead atoms. The Morgan fingerprint density at radius 1 is 1.19 bits per heavy atom. The Kier molecular flexibility index (Phi) is 4.49. The molecule has 2 aliphatic rings. The van der Waals surface area contributed by atoms with Crippen LogP contribution in [0.5, 0.6) is 0 Å². The molecule has 0 radical (unpaired) electrons. The van der Waals surface area contributed by atoms with Crippen molar-refractivity contribution in [3.8, 4) is 0 Å². The normalized spacial score (nSPS) is 28.5. The molecule has 2 unspecified atom stereocenters. The lowest BCUT2D eigenvalue weighted by Crippen LogP contribution is -2.49. The highest BCUT2D eigenvalue weighted by atomic mass is 19.4. The van der Waals surface area contributed by atoms with Gasteiger partial charge >= 0.3 is 12.1 Å². The van der Waals surface area contributed by atoms with Crippen molar-refractivity contribution >= 4 is 11.9 Å². The van der Waals surface area contributed by atoms with Crippen LogP contribution in [0.2, 0.25) is 0 Å². The third-order valence-corrected chi connectivity index (χ3v) is 4.87. The summed E-state index contributed by atoms with van der Waals surface area (Å²) in [6, 6.07) is 0. The van der Waals surface area contributed by atoms with Crippen molar-refractivity contribution < 1.29 is 27.9 Å². The molecule has 0 aliphatic heterocycles. The summed E-state index contributed by atoms with van der Waals surface area (Å²) in [7, 11) is 0. The molecule has 21 heavy (non-hydrogen) atoms. The van der Waals surface area contributed by atoms with Crippen molar-refractivity contribution in [1.82, 2.24) is 5.32 Å². The van der Waals surface area contributed by atoms with Crippen molar-refractivity contribution in [3.05, 3.63) is 0 Å². The van der Waals surface area contributed by atoms with Gasteiger partial charge in [0.15, 0.2) is 0 Å². The number of amides is 1. The molecule has 1 amide bonds. The lowest BCUT2D eigenvalue weighted by molar-refractivity contribution is -0.186. The molecule has 7 heteroatoms. The summed E-state index contributed by atoms with van der Waals surface area (Å²) < 4.78 is 38.1. The SMILES string of the molecule is O=C(NCC1(C(=O)O)CCC1)C1CCCC(C(F)(F)F)C1. The number of carbonyl (C=O) groups is 2. The van der Waals surface area contributed by atoms with E-state index in [9.17, 15) is 22.8 Å². The minimum absolute atomic E-state index is 0.0222. The first-order valence-corrected chi connectivity index (χ1v) is 7.32. The van der Waals surface area contributed by atoms with Crippen LogP contribution in [0.25, 0.3) is 0 Å². The highest BCUT2D eigenvalue weighted by Gasteiger charge is 2.46. The summed E-state index contributed by atoms with van der Waals surface area (Å²) in [6.07, 6.45) is -1.71. The summed E-state index contributed by atoms with van der Waals surface area (Å²) in [4.78, 5) is 23.2. The Labute approximate surface area is 121 Å². The highest BCUT2D eigenvalue weighted by Crippen LogP contribution is 2.42. The smallest absolute Gasteiger partial charge is 0.391 e. The van der Waals surface area contributed by atoms with Crippen LogP contribution in [0.3, 0.4) is 0 Å². The largest absolute Gasteiger partial charge is 0.481 e. The summed E-state index contributed by atoms with van der Waals surface area (Å²) in [5.41, 5.74) is -0.909. The molecule has 2 aliphatic carbocycles. The molecular formula is C14H20F3NO3. The zero-order valence-electron chi connectivity index (χ0n) is 11.7. The highest BCUT2D eigenvalue weighted by molar-refractivity contribution is 5.81. The van der Waals surface area contributed by atoms with Gasteiger partial charge in [-0.3, -0.25) is 9.59 Å². The fraction of sp³-hybridized carbons (Fsp3) is 0.857. The minimum Gasteiger partial charge on any atom is -0.481 e. The van der Waals surface area contributed by atoms with E-state index in [4.69, 9.17) is 5.11 Å². The number of carbonyl (C=O) groups excluding carboxylic acids is 1. The van der Waals surface area contributed by atoms with Crippen molar-refractivity contribution in [2.45, 2.75) is 51.1 Å². The zero-order chi connectivity index (χ0) is 15.7. The van der Waals surface area contributed by atoms with E-state index >= 15 is 0 Å². The van der Waals surface area contributed by atoms with Gasteiger partial charge in [0.1, 0.15) is 0 Å². The lowest BCUT2D eigenvalue weighted by atomic mass is 9.68. The maximum Gasteiger partial charge on any atom is 0.391 e. The van der Waals surface area contributed by atoms with Gasteiger partial charge in [0.05, 0.1) is 11.3 Å². The molecule has 0 saturated heterocycles. The van der Waals surface area contributed by atoms with Crippen LogP contribution in [-0.2, 0) is 9.59 Å². The molecular weight excluding hydrogens is 287 g/mol. The first-order valence-electron chi connectivity index (χ1n) is 7.32. The van der Waals surface area contributed by atoms with Crippen LogP contribution >= 0.6 is 0 Å². The molecule has 0 aromatic carbocycles. The van der Waals surface area contributed by atoms with Crippen LogP contribution in [0.4, 0.5) is 13.2 Å². The average Bonchev–Trinajstić information content (AvgIpc) is 2.36. The Balaban J connectivity index is 1.87. The molecule has 4 nitrogen and oxygen atoms in total. The standard InChI is InChI=1S/C14H20F3NO3/c15-14(16,17)10-4-1-3-9(7-10)11(19)18-8-13(12(20)21)5-2-6-13/h9-10H,1-8H2,(H,18,19)(H,20,21). The van der Waals surface area contributed by atoms with Gasteiger partial charge in [-0.2, -0.15) is 13.2 Å². The van der Waals surface area contributed by atoms with E-state index in [-0.39, 0.29) is 19.4 Å². The number of rotatable bonds is 4. The van der Waals surface area contributed by atoms with Crippen LogP contribution in [0.15, 0.2) is 0 Å². The minimum atomic E-state index is -4.25. The molecule has 2 fully saturated rings. The number of hydrogen-bond donors (Lipinski definition) is 2. The summed E-state index contributed by atoms with van der Waals surface area (Å²) in [5.74, 6) is -3.45. The first kappa shape index (κ1) is 16.1. The van der Waals surface area contributed by atoms with Crippen molar-refractivity contribution in [2.75, 3.05) is 6.54 Å². The molecule has 2 saturated carbocycles. The molecule has 0 spiro atoms. The van der Waals surface area contributed by atoms with E-state index in [0.717, 1.165) is 6.42 Å². The van der Waals surface area contributed by atoms with Gasteiger partial charge in [0.25, 0.3) is 0 Å². The number of carboxylic acid groups (broad SMARTS) is 1. The van der Waals surface area contributed by atoms with Crippen LogP contribution in [0.1, 0.15) is 44.9 Å². The molecule has 2 N–H and O–H groups in total. The molecule has 120 valence electrons. The van der Waals surface area contributed by atoms with E-state index in [2.05, 4.69) is 5.32 Å². The second-order valence-electron chi connectivity index (χ2n) is 6.26. The molecule has 2 atom stereocenters. The number of nitrogens with one attached hydrogen (secondary N) is 1. The summed E-state index contributed by atoms with van der Waals surface area (Å²) >= 11 is 0. The van der Waals surface area contributed by atoms with Gasteiger partial charge in [-0.25, -0.2) is 0 Å². The Morgan fingerprint density at radius 3 is 2.33 bits per heavy atom. The lowest BCUT2D eigenvalue weighted by Gasteiger charge is -2.38. The topological polar surface area (TPSA) is 66.4 Å². The maximum atomic E-state index is 12.7. The third kappa shape index (κ3) is 3.49. The number of hydrogen-bond acceptors (Lipinski definition) is 2. The van der Waals surface area contributed by atoms with Gasteiger partial charge in [0, 0.05) is 12.5 Å². The van der Waals surface area contributed by atoms with E-state index in [0.29, 0.717) is 25.7 Å². The molecule has 2 rings (SSSR count). The Bertz CT molecular complexity index is 418. The van der Waals surface area contributed by atoms with Gasteiger partial charge in [-0.1, -0.05) is 12.8 Å². The number of carboxylic acids is 1. The quantitative estimate of drug-likeness (QED) is 0.839. The van der Waals surface area contributed by atoms with Gasteiger partial charge in [0.2, 0.25) is 5.91 Å². The molecule has 0 aromatic heterocycles. The van der Waals surface area contributed by atoms with Crippen LogP contribution in [-0.4, -0.2) is 29.7 Å². The monoisotopic (exact) mass is 307 g/mol. The Hall–Kier alpha value is -1.27. The molecule has 0 heterocycles. The number of alkyl halides is 3. The Morgan fingerprint density at radius 2 is 1.86 bits per heavy atom. The fourth-order valence-electron chi connectivity index (χ4n) is 3.20. The maximum absolute atomic E-state index is 12.7. The first-order chi connectivity index (χ1) is 9.74. The predicted molar refractivity (Wildman–Crippen MR) is 68.4 cm³/mol. The van der Waals surface area contributed by atoms with Crippen LogP contribution in [0, 0.1) is 17.3 Å².